The number of carbonyl (C=O) groups is 2. The predicted octanol–water partition coefficient (Wildman–Crippen LogP) is 5.39. The van der Waals surface area contributed by atoms with E-state index in [4.69, 9.17) is 9.47 Å². The summed E-state index contributed by atoms with van der Waals surface area (Å²) in [5, 5.41) is 5.31. The Morgan fingerprint density at radius 1 is 1.08 bits per heavy atom. The van der Waals surface area contributed by atoms with Crippen molar-refractivity contribution in [3.63, 3.8) is 0 Å². The van der Waals surface area contributed by atoms with E-state index in [0.29, 0.717) is 5.69 Å². The molecule has 0 unspecified atom stereocenters. The molecule has 50 heavy (non-hydrogen) atoms. The number of rotatable bonds is 7. The summed E-state index contributed by atoms with van der Waals surface area (Å²) in [6.07, 6.45) is -8.78. The van der Waals surface area contributed by atoms with Crippen molar-refractivity contribution in [1.29, 1.82) is 0 Å². The molecule has 2 heterocycles. The Kier molecular flexibility index (Phi) is 10.9. The maximum atomic E-state index is 14.2. The molecule has 1 saturated heterocycles. The highest BCUT2D eigenvalue weighted by Gasteiger charge is 2.49. The zero-order valence-electron chi connectivity index (χ0n) is 27.6. The average Bonchev–Trinajstić information content (AvgIpc) is 3.38. The second kappa shape index (κ2) is 14.3. The van der Waals surface area contributed by atoms with Crippen LogP contribution in [0.2, 0.25) is 0 Å². The minimum atomic E-state index is -4.82. The fraction of sp³-hybridized carbons (Fsp3) is 0.469. The molecule has 1 fully saturated rings. The average molecular weight is 732 g/mol. The SMILES string of the molecule is COc1cc(S(C)(=O)=O)ccc1NCC#Cc1cc(C(=O)N[C@H]2CCN(C(=O)OC(C)(C)C)C[C@H]2C(F)(F)F)c2ncn(CC(F)(F)F)c2c1. The number of sulfone groups is 1. The minimum Gasteiger partial charge on any atom is -0.495 e. The number of carbonyl (C=O) groups excluding carboxylic acids is 2. The minimum absolute atomic E-state index is 0.0238. The molecule has 18 heteroatoms. The molecule has 0 aliphatic carbocycles. The number of anilines is 1. The summed E-state index contributed by atoms with van der Waals surface area (Å²) in [4.78, 5) is 31.0. The maximum Gasteiger partial charge on any atom is 0.410 e. The van der Waals surface area contributed by atoms with Crippen LogP contribution in [0.4, 0.5) is 36.8 Å². The Morgan fingerprint density at radius 2 is 1.78 bits per heavy atom. The summed E-state index contributed by atoms with van der Waals surface area (Å²) in [5.74, 6) is 2.53. The fourth-order valence-corrected chi connectivity index (χ4v) is 5.89. The second-order valence-corrected chi connectivity index (χ2v) is 14.6. The number of likely N-dealkylation sites (tertiary alicyclic amines) is 1. The second-order valence-electron chi connectivity index (χ2n) is 12.6. The van der Waals surface area contributed by atoms with Crippen molar-refractivity contribution in [2.45, 2.75) is 62.6 Å². The molecule has 2 amide bonds. The summed E-state index contributed by atoms with van der Waals surface area (Å²) >= 11 is 0. The number of halogens is 6. The number of hydrogen-bond acceptors (Lipinski definition) is 8. The first-order chi connectivity index (χ1) is 23.1. The van der Waals surface area contributed by atoms with E-state index < -0.39 is 64.8 Å². The van der Waals surface area contributed by atoms with Crippen LogP contribution in [0.25, 0.3) is 11.0 Å². The number of nitrogens with zero attached hydrogens (tertiary/aromatic N) is 3. The highest BCUT2D eigenvalue weighted by atomic mass is 32.2. The van der Waals surface area contributed by atoms with E-state index in [-0.39, 0.29) is 52.3 Å². The number of alkyl halides is 6. The molecule has 2 atom stereocenters. The molecule has 1 aliphatic rings. The Morgan fingerprint density at radius 3 is 2.38 bits per heavy atom. The number of methoxy groups -OCH3 is 1. The molecule has 2 aromatic carbocycles. The van der Waals surface area contributed by atoms with E-state index in [9.17, 15) is 44.3 Å². The van der Waals surface area contributed by atoms with Crippen molar-refractivity contribution in [2.24, 2.45) is 5.92 Å². The van der Waals surface area contributed by atoms with Gasteiger partial charge in [-0.25, -0.2) is 18.2 Å². The van der Waals surface area contributed by atoms with Gasteiger partial charge in [0.25, 0.3) is 5.91 Å². The molecule has 0 bridgehead atoms. The highest BCUT2D eigenvalue weighted by Crippen LogP contribution is 2.35. The van der Waals surface area contributed by atoms with Gasteiger partial charge in [0.1, 0.15) is 23.4 Å². The lowest BCUT2D eigenvalue weighted by Gasteiger charge is -2.39. The van der Waals surface area contributed by atoms with Gasteiger partial charge in [-0.05, 0) is 51.5 Å². The number of hydrogen-bond donors (Lipinski definition) is 2. The first-order valence-electron chi connectivity index (χ1n) is 15.1. The topological polar surface area (TPSA) is 132 Å². The standard InChI is InChI=1S/C32H35F6N5O6S/c1-30(2,3)49-29(45)42-12-10-23(22(16-42)32(36,37)38)41-28(44)21-13-19(14-25-27(21)40-18-43(25)17-31(33,34)35)7-6-11-39-24-9-8-20(50(5,46)47)15-26(24)48-4/h8-9,13-15,18,22-23,39H,10-12,16-17H2,1-5H3,(H,41,44)/t22-,23+/m1/s1. The third kappa shape index (κ3) is 9.73. The molecule has 0 radical (unpaired) electrons. The summed E-state index contributed by atoms with van der Waals surface area (Å²) < 4.78 is 118. The van der Waals surface area contributed by atoms with Crippen LogP contribution >= 0.6 is 0 Å². The third-order valence-electron chi connectivity index (χ3n) is 7.52. The van der Waals surface area contributed by atoms with Crippen molar-refractivity contribution >= 4 is 38.6 Å². The molecule has 1 aromatic heterocycles. The largest absolute Gasteiger partial charge is 0.495 e. The first kappa shape index (κ1) is 38.1. The molecule has 2 N–H and O–H groups in total. The third-order valence-corrected chi connectivity index (χ3v) is 8.63. The summed E-state index contributed by atoms with van der Waals surface area (Å²) in [6.45, 7) is 2.28. The van der Waals surface area contributed by atoms with E-state index in [2.05, 4.69) is 27.5 Å². The van der Waals surface area contributed by atoms with Crippen LogP contribution < -0.4 is 15.4 Å². The quantitative estimate of drug-likeness (QED) is 0.244. The molecule has 0 saturated carbocycles. The van der Waals surface area contributed by atoms with Crippen LogP contribution in [0.15, 0.2) is 41.6 Å². The van der Waals surface area contributed by atoms with Crippen LogP contribution in [0.3, 0.4) is 0 Å². The number of imidazole rings is 1. The summed E-state index contributed by atoms with van der Waals surface area (Å²) in [5.41, 5.74) is -1.09. The van der Waals surface area contributed by atoms with Crippen LogP contribution in [0.5, 0.6) is 5.75 Å². The van der Waals surface area contributed by atoms with Crippen molar-refractivity contribution in [3.05, 3.63) is 47.8 Å². The zero-order valence-corrected chi connectivity index (χ0v) is 28.4. The number of fused-ring (bicyclic) bond motifs is 1. The van der Waals surface area contributed by atoms with E-state index in [1.807, 2.05) is 0 Å². The van der Waals surface area contributed by atoms with Crippen molar-refractivity contribution in [1.82, 2.24) is 19.8 Å². The van der Waals surface area contributed by atoms with Gasteiger partial charge in [-0.3, -0.25) is 4.79 Å². The Labute approximate surface area is 284 Å². The van der Waals surface area contributed by atoms with E-state index in [0.717, 1.165) is 22.1 Å². The number of ether oxygens (including phenoxy) is 2. The van der Waals surface area contributed by atoms with Gasteiger partial charge < -0.3 is 29.6 Å². The Balaban J connectivity index is 1.62. The lowest BCUT2D eigenvalue weighted by Crippen LogP contribution is -2.57. The van der Waals surface area contributed by atoms with E-state index >= 15 is 0 Å². The molecule has 11 nitrogen and oxygen atoms in total. The number of benzene rings is 2. The molecule has 4 rings (SSSR count). The first-order valence-corrected chi connectivity index (χ1v) is 17.0. The van der Waals surface area contributed by atoms with Gasteiger partial charge in [-0.2, -0.15) is 26.3 Å². The van der Waals surface area contributed by atoms with E-state index in [1.54, 1.807) is 20.8 Å². The molecular formula is C32H35F6N5O6S. The number of piperidine rings is 1. The van der Waals surface area contributed by atoms with Gasteiger partial charge in [0.2, 0.25) is 0 Å². The number of nitrogens with one attached hydrogen (secondary N) is 2. The number of amides is 2. The molecular weight excluding hydrogens is 696 g/mol. The van der Waals surface area contributed by atoms with Gasteiger partial charge in [-0.15, -0.1) is 0 Å². The van der Waals surface area contributed by atoms with Crippen molar-refractivity contribution < 1.29 is 53.8 Å². The maximum absolute atomic E-state index is 14.2. The van der Waals surface area contributed by atoms with Gasteiger partial charge in [0, 0.05) is 37.0 Å². The molecule has 1 aliphatic heterocycles. The smallest absolute Gasteiger partial charge is 0.410 e. The molecule has 3 aromatic rings. The lowest BCUT2D eigenvalue weighted by atomic mass is 9.91. The van der Waals surface area contributed by atoms with Crippen LogP contribution in [0.1, 0.15) is 43.1 Å². The molecule has 0 spiro atoms. The summed E-state index contributed by atoms with van der Waals surface area (Å²) in [7, 11) is -2.17. The summed E-state index contributed by atoms with van der Waals surface area (Å²) in [6, 6.07) is 5.16. The highest BCUT2D eigenvalue weighted by molar-refractivity contribution is 7.90. The zero-order chi connectivity index (χ0) is 37.2. The van der Waals surface area contributed by atoms with Gasteiger partial charge in [0.05, 0.1) is 47.6 Å². The van der Waals surface area contributed by atoms with Gasteiger partial charge in [0.15, 0.2) is 9.84 Å². The normalized spacial score (nSPS) is 17.1. The van der Waals surface area contributed by atoms with Gasteiger partial charge in [-0.1, -0.05) is 11.8 Å². The predicted molar refractivity (Wildman–Crippen MR) is 170 cm³/mol. The van der Waals surface area contributed by atoms with Crippen LogP contribution in [0, 0.1) is 17.8 Å². The van der Waals surface area contributed by atoms with Crippen molar-refractivity contribution in [2.75, 3.05) is 38.3 Å². The molecule has 272 valence electrons. The lowest BCUT2D eigenvalue weighted by molar-refractivity contribution is -0.191. The Bertz CT molecular complexity index is 1930. The fourth-order valence-electron chi connectivity index (χ4n) is 5.26. The van der Waals surface area contributed by atoms with Gasteiger partial charge >= 0.3 is 18.4 Å². The van der Waals surface area contributed by atoms with Crippen LogP contribution in [-0.4, -0.2) is 91.9 Å². The Hall–Kier alpha value is -4.66. The van der Waals surface area contributed by atoms with Crippen molar-refractivity contribution in [3.8, 4) is 17.6 Å². The van der Waals surface area contributed by atoms with E-state index in [1.165, 1.54) is 37.4 Å². The van der Waals surface area contributed by atoms with Crippen LogP contribution in [-0.2, 0) is 21.1 Å². The number of aromatic nitrogens is 2. The monoisotopic (exact) mass is 731 g/mol.